The van der Waals surface area contributed by atoms with Crippen molar-refractivity contribution in [1.82, 2.24) is 0 Å². The van der Waals surface area contributed by atoms with Gasteiger partial charge in [0, 0.05) is 36.3 Å². The van der Waals surface area contributed by atoms with Gasteiger partial charge in [-0.1, -0.05) is 42.1 Å². The Hall–Kier alpha value is -2.26. The molecule has 0 bridgehead atoms. The molecule has 1 aromatic rings. The summed E-state index contributed by atoms with van der Waals surface area (Å²) >= 11 is 1.84. The molecular formula is C22H25N2S+. The first kappa shape index (κ1) is 17.6. The summed E-state index contributed by atoms with van der Waals surface area (Å²) < 4.78 is 2.18. The van der Waals surface area contributed by atoms with E-state index in [0.29, 0.717) is 0 Å². The van der Waals surface area contributed by atoms with Crippen LogP contribution in [0.5, 0.6) is 0 Å². The lowest BCUT2D eigenvalue weighted by Crippen LogP contribution is -2.15. The molecule has 3 rings (SSSR count). The Morgan fingerprint density at radius 3 is 2.40 bits per heavy atom. The highest BCUT2D eigenvalue weighted by atomic mass is 32.2. The van der Waals surface area contributed by atoms with Crippen molar-refractivity contribution in [3.05, 3.63) is 81.7 Å². The predicted octanol–water partition coefficient (Wildman–Crippen LogP) is 4.88. The minimum atomic E-state index is 1.24. The Morgan fingerprint density at radius 1 is 0.960 bits per heavy atom. The van der Waals surface area contributed by atoms with Gasteiger partial charge in [0.25, 0.3) is 0 Å². The molecule has 1 heterocycles. The van der Waals surface area contributed by atoms with Crippen LogP contribution in [-0.4, -0.2) is 38.5 Å². The van der Waals surface area contributed by atoms with Crippen molar-refractivity contribution in [3.8, 4) is 0 Å². The van der Waals surface area contributed by atoms with Crippen molar-refractivity contribution in [2.75, 3.05) is 33.1 Å². The molecule has 0 unspecified atom stereocenters. The highest BCUT2D eigenvalue weighted by Gasteiger charge is 2.20. The quantitative estimate of drug-likeness (QED) is 0.702. The molecule has 0 spiro atoms. The Kier molecular flexibility index (Phi) is 5.14. The molecule has 2 nitrogen and oxygen atoms in total. The van der Waals surface area contributed by atoms with E-state index in [9.17, 15) is 0 Å². The highest BCUT2D eigenvalue weighted by molar-refractivity contribution is 8.07. The van der Waals surface area contributed by atoms with Gasteiger partial charge in [-0.15, -0.1) is 0 Å². The summed E-state index contributed by atoms with van der Waals surface area (Å²) in [5, 5.41) is 0. The van der Waals surface area contributed by atoms with E-state index in [4.69, 9.17) is 0 Å². The molecule has 0 fully saturated rings. The monoisotopic (exact) mass is 349 g/mol. The van der Waals surface area contributed by atoms with Gasteiger partial charge in [0.15, 0.2) is 0 Å². The number of para-hydroxylation sites is 1. The summed E-state index contributed by atoms with van der Waals surface area (Å²) in [7, 11) is 8.39. The molecule has 3 heteroatoms. The fraction of sp³-hybridized carbons (Fsp3) is 0.227. The van der Waals surface area contributed by atoms with Gasteiger partial charge >= 0.3 is 0 Å². The number of allylic oxidation sites excluding steroid dienone is 9. The third kappa shape index (κ3) is 3.72. The van der Waals surface area contributed by atoms with Crippen LogP contribution < -0.4 is 4.90 Å². The lowest BCUT2D eigenvalue weighted by molar-refractivity contribution is -0.463. The average molecular weight is 350 g/mol. The van der Waals surface area contributed by atoms with Crippen LogP contribution in [0.25, 0.3) is 5.57 Å². The number of nitrogens with zero attached hydrogens (tertiary/aromatic N) is 2. The number of anilines is 1. The van der Waals surface area contributed by atoms with Gasteiger partial charge in [0.05, 0.1) is 5.57 Å². The van der Waals surface area contributed by atoms with Crippen molar-refractivity contribution in [2.45, 2.75) is 6.92 Å². The maximum atomic E-state index is 2.32. The molecule has 0 saturated carbocycles. The Labute approximate surface area is 155 Å². The fourth-order valence-corrected chi connectivity index (χ4v) is 4.10. The molecule has 0 amide bonds. The molecule has 1 aliphatic carbocycles. The van der Waals surface area contributed by atoms with Crippen LogP contribution in [0.1, 0.15) is 12.5 Å². The van der Waals surface area contributed by atoms with Crippen LogP contribution in [-0.2, 0) is 0 Å². The second-order valence-electron chi connectivity index (χ2n) is 6.64. The van der Waals surface area contributed by atoms with E-state index in [1.54, 1.807) is 0 Å². The summed E-state index contributed by atoms with van der Waals surface area (Å²) in [6, 6.07) is 8.59. The maximum absolute atomic E-state index is 2.32. The van der Waals surface area contributed by atoms with E-state index in [1.165, 1.54) is 37.9 Å². The lowest BCUT2D eigenvalue weighted by Gasteiger charge is -2.21. The van der Waals surface area contributed by atoms with Gasteiger partial charge in [-0.05, 0) is 41.7 Å². The molecule has 25 heavy (non-hydrogen) atoms. The molecule has 0 saturated heterocycles. The summed E-state index contributed by atoms with van der Waals surface area (Å²) in [4.78, 5) is 4.79. The molecular weight excluding hydrogens is 324 g/mol. The SMILES string of the molecule is CC1=CC(c2ccccc2N(C)C)=CC(=C2C=CC=CC2=[N+](C)C)S1. The van der Waals surface area contributed by atoms with Crippen LogP contribution in [0.2, 0.25) is 0 Å². The molecule has 1 aromatic carbocycles. The third-order valence-electron chi connectivity index (χ3n) is 4.26. The van der Waals surface area contributed by atoms with Crippen LogP contribution in [0.3, 0.4) is 0 Å². The lowest BCUT2D eigenvalue weighted by atomic mass is 9.99. The number of hydrogen-bond acceptors (Lipinski definition) is 2. The second kappa shape index (κ2) is 7.32. The first-order valence-electron chi connectivity index (χ1n) is 8.45. The van der Waals surface area contributed by atoms with Gasteiger partial charge in [-0.3, -0.25) is 0 Å². The van der Waals surface area contributed by atoms with Crippen LogP contribution >= 0.6 is 11.8 Å². The van der Waals surface area contributed by atoms with E-state index >= 15 is 0 Å². The summed E-state index contributed by atoms with van der Waals surface area (Å²) in [5.74, 6) is 0. The minimum absolute atomic E-state index is 1.24. The first-order valence-corrected chi connectivity index (χ1v) is 9.27. The van der Waals surface area contributed by atoms with Crippen molar-refractivity contribution < 1.29 is 4.58 Å². The smallest absolute Gasteiger partial charge is 0.207 e. The van der Waals surface area contributed by atoms with Crippen molar-refractivity contribution in [3.63, 3.8) is 0 Å². The number of hydrogen-bond donors (Lipinski definition) is 0. The van der Waals surface area contributed by atoms with Gasteiger partial charge in [-0.2, -0.15) is 0 Å². The van der Waals surface area contributed by atoms with Gasteiger partial charge < -0.3 is 4.90 Å². The Balaban J connectivity index is 2.17. The van der Waals surface area contributed by atoms with E-state index in [1.807, 2.05) is 11.8 Å². The van der Waals surface area contributed by atoms with Crippen molar-refractivity contribution >= 4 is 28.7 Å². The molecule has 128 valence electrons. The molecule has 0 aromatic heterocycles. The standard InChI is InChI=1S/C22H25N2S/c1-16-14-17(18-10-6-8-12-20(18)23(2)3)15-22(25-16)19-11-7-9-13-21(19)24(4)5/h6-15H,1-5H3/q+1. The highest BCUT2D eigenvalue weighted by Crippen LogP contribution is 2.40. The topological polar surface area (TPSA) is 6.25 Å². The number of rotatable bonds is 2. The van der Waals surface area contributed by atoms with Crippen molar-refractivity contribution in [2.24, 2.45) is 0 Å². The molecule has 0 radical (unpaired) electrons. The largest absolute Gasteiger partial charge is 0.377 e. The van der Waals surface area contributed by atoms with Crippen LogP contribution in [0, 0.1) is 0 Å². The zero-order valence-electron chi connectivity index (χ0n) is 15.6. The van der Waals surface area contributed by atoms with Gasteiger partial charge in [-0.25, -0.2) is 4.58 Å². The van der Waals surface area contributed by atoms with Gasteiger partial charge in [0.2, 0.25) is 5.71 Å². The molecule has 0 atom stereocenters. The zero-order valence-corrected chi connectivity index (χ0v) is 16.4. The van der Waals surface area contributed by atoms with Gasteiger partial charge in [0.1, 0.15) is 14.1 Å². The molecule has 1 aliphatic heterocycles. The predicted molar refractivity (Wildman–Crippen MR) is 113 cm³/mol. The van der Waals surface area contributed by atoms with E-state index in [2.05, 4.69) is 105 Å². The second-order valence-corrected chi connectivity index (χ2v) is 7.93. The molecule has 0 N–H and O–H groups in total. The Bertz CT molecular complexity index is 873. The van der Waals surface area contributed by atoms with Crippen molar-refractivity contribution in [1.29, 1.82) is 0 Å². The average Bonchev–Trinajstić information content (AvgIpc) is 2.61. The molecule has 2 aliphatic rings. The minimum Gasteiger partial charge on any atom is -0.377 e. The zero-order chi connectivity index (χ0) is 18.0. The fourth-order valence-electron chi connectivity index (χ4n) is 3.10. The summed E-state index contributed by atoms with van der Waals surface area (Å²) in [5.41, 5.74) is 6.31. The number of benzene rings is 1. The van der Waals surface area contributed by atoms with E-state index in [0.717, 1.165) is 0 Å². The first-order chi connectivity index (χ1) is 12.0. The maximum Gasteiger partial charge on any atom is 0.207 e. The normalized spacial score (nSPS) is 19.6. The van der Waals surface area contributed by atoms with E-state index < -0.39 is 0 Å². The summed E-state index contributed by atoms with van der Waals surface area (Å²) in [6.07, 6.45) is 13.2. The third-order valence-corrected chi connectivity index (χ3v) is 5.26. The Morgan fingerprint density at radius 2 is 1.68 bits per heavy atom. The van der Waals surface area contributed by atoms with Crippen LogP contribution in [0.15, 0.2) is 76.1 Å². The number of thioether (sulfide) groups is 1. The van der Waals surface area contributed by atoms with Crippen LogP contribution in [0.4, 0.5) is 5.69 Å². The summed E-state index contributed by atoms with van der Waals surface area (Å²) in [6.45, 7) is 2.19. The van der Waals surface area contributed by atoms with E-state index in [-0.39, 0.29) is 0 Å².